The van der Waals surface area contributed by atoms with Crippen molar-refractivity contribution < 1.29 is 0 Å². The lowest BCUT2D eigenvalue weighted by molar-refractivity contribution is 1.14. The summed E-state index contributed by atoms with van der Waals surface area (Å²) in [5.41, 5.74) is 4.52. The molecule has 0 saturated heterocycles. The van der Waals surface area contributed by atoms with E-state index in [9.17, 15) is 0 Å². The summed E-state index contributed by atoms with van der Waals surface area (Å²) in [6.07, 6.45) is 1.05. The van der Waals surface area contributed by atoms with Gasteiger partial charge in [-0.3, -0.25) is 4.42 Å². The van der Waals surface area contributed by atoms with Gasteiger partial charge < -0.3 is 0 Å². The molecule has 0 spiro atoms. The van der Waals surface area contributed by atoms with Crippen LogP contribution in [0.1, 0.15) is 18.1 Å². The molecule has 2 aromatic rings. The van der Waals surface area contributed by atoms with Gasteiger partial charge in [-0.2, -0.15) is 0 Å². The van der Waals surface area contributed by atoms with Gasteiger partial charge in [0.2, 0.25) is 0 Å². The van der Waals surface area contributed by atoms with Crippen LogP contribution in [-0.4, -0.2) is 0 Å². The molecule has 2 aromatic carbocycles. The third-order valence-corrected chi connectivity index (χ3v) is 3.28. The van der Waals surface area contributed by atoms with Crippen molar-refractivity contribution in [1.82, 2.24) is 0 Å². The van der Waals surface area contributed by atoms with Crippen molar-refractivity contribution in [3.8, 4) is 0 Å². The molecule has 2 rings (SSSR count). The monoisotopic (exact) mass is 245 g/mol. The van der Waals surface area contributed by atoms with E-state index in [1.54, 1.807) is 4.42 Å². The van der Waals surface area contributed by atoms with Gasteiger partial charge in [0.05, 0.1) is 11.4 Å². The second-order valence-corrected chi connectivity index (χ2v) is 4.43. The second kappa shape index (κ2) is 5.24. The minimum atomic E-state index is 0.998. The standard InChI is InChI=1S/C15H16ClN/c1-3-13-8-10-14(11-9-13)17(16)15-7-5-4-6-12(15)2/h4-11H,3H2,1-2H3. The van der Waals surface area contributed by atoms with E-state index >= 15 is 0 Å². The SMILES string of the molecule is CCc1ccc(N(Cl)c2ccccc2C)cc1. The Labute approximate surface area is 108 Å². The van der Waals surface area contributed by atoms with Crippen molar-refractivity contribution in [2.45, 2.75) is 20.3 Å². The Morgan fingerprint density at radius 3 is 2.24 bits per heavy atom. The van der Waals surface area contributed by atoms with Gasteiger partial charge in [-0.15, -0.1) is 0 Å². The highest BCUT2D eigenvalue weighted by Crippen LogP contribution is 2.30. The Kier molecular flexibility index (Phi) is 3.70. The maximum Gasteiger partial charge on any atom is 0.0610 e. The van der Waals surface area contributed by atoms with Crippen molar-refractivity contribution in [2.75, 3.05) is 4.42 Å². The van der Waals surface area contributed by atoms with Crippen molar-refractivity contribution in [1.29, 1.82) is 0 Å². The summed E-state index contributed by atoms with van der Waals surface area (Å²) < 4.78 is 1.70. The van der Waals surface area contributed by atoms with Crippen LogP contribution in [0.25, 0.3) is 0 Å². The fourth-order valence-electron chi connectivity index (χ4n) is 1.79. The maximum absolute atomic E-state index is 6.37. The third kappa shape index (κ3) is 2.62. The first-order chi connectivity index (χ1) is 8.22. The molecular formula is C15H16ClN. The molecule has 0 aliphatic heterocycles. The molecule has 0 N–H and O–H groups in total. The highest BCUT2D eigenvalue weighted by atomic mass is 35.5. The van der Waals surface area contributed by atoms with Crippen molar-refractivity contribution in [3.05, 3.63) is 59.7 Å². The topological polar surface area (TPSA) is 3.24 Å². The van der Waals surface area contributed by atoms with Gasteiger partial charge >= 0.3 is 0 Å². The quantitative estimate of drug-likeness (QED) is 0.699. The molecule has 0 heterocycles. The van der Waals surface area contributed by atoms with E-state index in [-0.39, 0.29) is 0 Å². The molecule has 0 radical (unpaired) electrons. The van der Waals surface area contributed by atoms with Gasteiger partial charge in [0, 0.05) is 11.8 Å². The van der Waals surface area contributed by atoms with Crippen LogP contribution in [0.5, 0.6) is 0 Å². The number of rotatable bonds is 3. The summed E-state index contributed by atoms with van der Waals surface area (Å²) in [7, 11) is 0. The first-order valence-corrected chi connectivity index (χ1v) is 6.16. The average molecular weight is 246 g/mol. The van der Waals surface area contributed by atoms with Crippen LogP contribution in [0.4, 0.5) is 11.4 Å². The summed E-state index contributed by atoms with van der Waals surface area (Å²) in [6.45, 7) is 4.21. The highest BCUT2D eigenvalue weighted by molar-refractivity contribution is 6.29. The van der Waals surface area contributed by atoms with Crippen LogP contribution in [0.15, 0.2) is 48.5 Å². The predicted octanol–water partition coefficient (Wildman–Crippen LogP) is 4.85. The number of hydrogen-bond donors (Lipinski definition) is 0. The summed E-state index contributed by atoms with van der Waals surface area (Å²) in [5.74, 6) is 0. The molecule has 0 unspecified atom stereocenters. The Hall–Kier alpha value is -1.47. The lowest BCUT2D eigenvalue weighted by Crippen LogP contribution is -2.03. The fourth-order valence-corrected chi connectivity index (χ4v) is 2.09. The van der Waals surface area contributed by atoms with Crippen LogP contribution >= 0.6 is 11.8 Å². The van der Waals surface area contributed by atoms with Gasteiger partial charge in [-0.05, 0) is 42.7 Å². The lowest BCUT2D eigenvalue weighted by atomic mass is 10.1. The number of halogens is 1. The number of anilines is 2. The summed E-state index contributed by atoms with van der Waals surface area (Å²) in [4.78, 5) is 0. The van der Waals surface area contributed by atoms with E-state index in [4.69, 9.17) is 11.8 Å². The van der Waals surface area contributed by atoms with Gasteiger partial charge in [0.15, 0.2) is 0 Å². The number of nitrogens with zero attached hydrogens (tertiary/aromatic N) is 1. The Morgan fingerprint density at radius 1 is 1.00 bits per heavy atom. The zero-order chi connectivity index (χ0) is 12.3. The van der Waals surface area contributed by atoms with Crippen molar-refractivity contribution in [3.63, 3.8) is 0 Å². The number of hydrogen-bond acceptors (Lipinski definition) is 1. The molecule has 0 fully saturated rings. The second-order valence-electron chi connectivity index (χ2n) is 4.09. The molecule has 0 amide bonds. The van der Waals surface area contributed by atoms with Crippen LogP contribution < -0.4 is 4.42 Å². The van der Waals surface area contributed by atoms with Crippen molar-refractivity contribution >= 4 is 23.2 Å². The van der Waals surface area contributed by atoms with Gasteiger partial charge in [0.1, 0.15) is 0 Å². The molecule has 0 bridgehead atoms. The largest absolute Gasteiger partial charge is 0.253 e. The highest BCUT2D eigenvalue weighted by Gasteiger charge is 2.08. The third-order valence-electron chi connectivity index (χ3n) is 2.90. The minimum absolute atomic E-state index is 0.998. The normalized spacial score (nSPS) is 10.3. The van der Waals surface area contributed by atoms with E-state index in [1.807, 2.05) is 18.2 Å². The first kappa shape index (κ1) is 12.0. The Morgan fingerprint density at radius 2 is 1.65 bits per heavy atom. The smallest absolute Gasteiger partial charge is 0.0610 e. The van der Waals surface area contributed by atoms with Gasteiger partial charge in [-0.1, -0.05) is 37.3 Å². The Bertz CT molecular complexity index is 491. The molecule has 0 aliphatic rings. The molecule has 1 nitrogen and oxygen atoms in total. The molecule has 88 valence electrons. The van der Waals surface area contributed by atoms with E-state index in [0.717, 1.165) is 17.8 Å². The van der Waals surface area contributed by atoms with Crippen LogP contribution in [0, 0.1) is 6.92 Å². The van der Waals surface area contributed by atoms with E-state index in [0.29, 0.717) is 0 Å². The number of benzene rings is 2. The molecule has 0 aromatic heterocycles. The number of para-hydroxylation sites is 1. The first-order valence-electron chi connectivity index (χ1n) is 5.83. The summed E-state index contributed by atoms with van der Waals surface area (Å²) in [5, 5.41) is 0. The van der Waals surface area contributed by atoms with Crippen LogP contribution in [-0.2, 0) is 6.42 Å². The summed E-state index contributed by atoms with van der Waals surface area (Å²) in [6, 6.07) is 16.4. The van der Waals surface area contributed by atoms with E-state index < -0.39 is 0 Å². The maximum atomic E-state index is 6.37. The van der Waals surface area contributed by atoms with Crippen LogP contribution in [0.3, 0.4) is 0 Å². The molecule has 0 aliphatic carbocycles. The molecule has 2 heteroatoms. The summed E-state index contributed by atoms with van der Waals surface area (Å²) >= 11 is 6.37. The van der Waals surface area contributed by atoms with E-state index in [1.165, 1.54) is 11.1 Å². The lowest BCUT2D eigenvalue weighted by Gasteiger charge is -2.18. The van der Waals surface area contributed by atoms with E-state index in [2.05, 4.69) is 44.2 Å². The zero-order valence-corrected chi connectivity index (χ0v) is 10.9. The van der Waals surface area contributed by atoms with Crippen LogP contribution in [0.2, 0.25) is 0 Å². The molecular weight excluding hydrogens is 230 g/mol. The van der Waals surface area contributed by atoms with Crippen molar-refractivity contribution in [2.24, 2.45) is 0 Å². The fraction of sp³-hybridized carbons (Fsp3) is 0.200. The number of aryl methyl sites for hydroxylation is 2. The minimum Gasteiger partial charge on any atom is -0.253 e. The predicted molar refractivity (Wildman–Crippen MR) is 75.0 cm³/mol. The zero-order valence-electron chi connectivity index (χ0n) is 10.2. The Balaban J connectivity index is 2.30. The molecule has 17 heavy (non-hydrogen) atoms. The molecule has 0 saturated carbocycles. The average Bonchev–Trinajstić information content (AvgIpc) is 2.39. The molecule has 0 atom stereocenters. The van der Waals surface area contributed by atoms with Gasteiger partial charge in [-0.25, -0.2) is 0 Å². The van der Waals surface area contributed by atoms with Gasteiger partial charge in [0.25, 0.3) is 0 Å².